The number of amides is 1. The molecular formula is C22H17F4N3O3S2. The van der Waals surface area contributed by atoms with E-state index in [2.05, 4.69) is 0 Å². The average molecular weight is 512 g/mol. The summed E-state index contributed by atoms with van der Waals surface area (Å²) in [4.78, 5) is 16.2. The molecule has 1 fully saturated rings. The van der Waals surface area contributed by atoms with Crippen molar-refractivity contribution in [3.63, 3.8) is 0 Å². The number of carbonyl (C=O) groups is 1. The normalized spacial score (nSPS) is 19.6. The molecule has 2 aliphatic rings. The summed E-state index contributed by atoms with van der Waals surface area (Å²) in [7, 11) is 0. The molecule has 0 aromatic heterocycles. The van der Waals surface area contributed by atoms with Crippen LogP contribution in [0.15, 0.2) is 35.2 Å². The second-order valence-electron chi connectivity index (χ2n) is 8.14. The largest absolute Gasteiger partial charge is 0.486 e. The van der Waals surface area contributed by atoms with Crippen molar-refractivity contribution in [3.8, 4) is 11.8 Å². The molecule has 0 saturated carbocycles. The van der Waals surface area contributed by atoms with Gasteiger partial charge in [0.2, 0.25) is 0 Å². The molecule has 0 unspecified atom stereocenters. The number of aliphatic hydroxyl groups excluding tert-OH is 1. The first kappa shape index (κ1) is 24.3. The number of halogens is 4. The van der Waals surface area contributed by atoms with E-state index in [1.54, 1.807) is 18.2 Å². The molecule has 34 heavy (non-hydrogen) atoms. The van der Waals surface area contributed by atoms with Crippen LogP contribution in [0.25, 0.3) is 0 Å². The van der Waals surface area contributed by atoms with Crippen molar-refractivity contribution in [1.82, 2.24) is 0 Å². The standard InChI is InChI=1S/C22H17F4N3O3S2/c1-21(2)19(31)28(16-7-14(22(24,25)26)11(8-27)5-15(16)23)20(33)29(21)12-3-4-17-18(6-12)34-10-13(9-30)32-17/h3-7,13,30H,9-10H2,1-2H3/t13-/m0/s1. The monoisotopic (exact) mass is 511 g/mol. The van der Waals surface area contributed by atoms with Gasteiger partial charge < -0.3 is 14.7 Å². The van der Waals surface area contributed by atoms with Crippen molar-refractivity contribution in [3.05, 3.63) is 47.3 Å². The topological polar surface area (TPSA) is 76.8 Å². The molecular weight excluding hydrogens is 494 g/mol. The van der Waals surface area contributed by atoms with Crippen molar-refractivity contribution in [2.75, 3.05) is 22.2 Å². The Balaban J connectivity index is 1.78. The number of thioether (sulfide) groups is 1. The van der Waals surface area contributed by atoms with E-state index in [9.17, 15) is 27.5 Å². The molecule has 1 N–H and O–H groups in total. The Kier molecular flexibility index (Phi) is 6.00. The Morgan fingerprint density at radius 1 is 1.32 bits per heavy atom. The predicted molar refractivity (Wildman–Crippen MR) is 121 cm³/mol. The maximum Gasteiger partial charge on any atom is 0.417 e. The summed E-state index contributed by atoms with van der Waals surface area (Å²) < 4.78 is 61.0. The summed E-state index contributed by atoms with van der Waals surface area (Å²) in [6.45, 7) is 2.91. The second kappa shape index (κ2) is 8.41. The van der Waals surface area contributed by atoms with E-state index in [0.717, 1.165) is 9.80 Å². The molecule has 0 radical (unpaired) electrons. The summed E-state index contributed by atoms with van der Waals surface area (Å²) in [5, 5.41) is 18.1. The van der Waals surface area contributed by atoms with Gasteiger partial charge in [-0.05, 0) is 56.4 Å². The Bertz CT molecular complexity index is 1240. The number of hydrogen-bond acceptors (Lipinski definition) is 6. The van der Waals surface area contributed by atoms with Gasteiger partial charge in [-0.15, -0.1) is 11.8 Å². The Labute approximate surface area is 201 Å². The molecule has 6 nitrogen and oxygen atoms in total. The maximum absolute atomic E-state index is 14.8. The SMILES string of the molecule is CC1(C)C(=O)N(c2cc(C(F)(F)F)c(C#N)cc2F)C(=S)N1c1ccc2c(c1)SC[C@H](CO)O2. The van der Waals surface area contributed by atoms with Crippen LogP contribution in [0.2, 0.25) is 0 Å². The number of thiocarbonyl (C=S) groups is 1. The summed E-state index contributed by atoms with van der Waals surface area (Å²) in [6.07, 6.45) is -5.29. The van der Waals surface area contributed by atoms with Gasteiger partial charge in [0.15, 0.2) is 5.11 Å². The third-order valence-corrected chi connectivity index (χ3v) is 7.06. The highest BCUT2D eigenvalue weighted by Gasteiger charge is 2.51. The van der Waals surface area contributed by atoms with Gasteiger partial charge >= 0.3 is 6.18 Å². The van der Waals surface area contributed by atoms with Gasteiger partial charge in [0.1, 0.15) is 23.2 Å². The molecule has 0 spiro atoms. The number of hydrogen-bond donors (Lipinski definition) is 1. The van der Waals surface area contributed by atoms with Crippen LogP contribution < -0.4 is 14.5 Å². The molecule has 1 saturated heterocycles. The van der Waals surface area contributed by atoms with Crippen LogP contribution in [0.5, 0.6) is 5.75 Å². The number of anilines is 2. The molecule has 2 aromatic rings. The number of fused-ring (bicyclic) bond motifs is 1. The second-order valence-corrected chi connectivity index (χ2v) is 9.57. The van der Waals surface area contributed by atoms with Crippen molar-refractivity contribution < 1.29 is 32.2 Å². The van der Waals surface area contributed by atoms with Gasteiger partial charge in [0.05, 0.1) is 34.4 Å². The summed E-state index contributed by atoms with van der Waals surface area (Å²) in [6, 6.07) is 7.21. The van der Waals surface area contributed by atoms with Crippen molar-refractivity contribution in [2.24, 2.45) is 0 Å². The fourth-order valence-corrected chi connectivity index (χ4v) is 5.35. The van der Waals surface area contributed by atoms with Gasteiger partial charge in [-0.25, -0.2) is 4.39 Å². The molecule has 2 aromatic carbocycles. The quantitative estimate of drug-likeness (QED) is 0.481. The minimum absolute atomic E-state index is 0.142. The smallest absolute Gasteiger partial charge is 0.417 e. The van der Waals surface area contributed by atoms with Crippen LogP contribution in [-0.2, 0) is 11.0 Å². The van der Waals surface area contributed by atoms with Crippen molar-refractivity contribution in [2.45, 2.75) is 36.6 Å². The average Bonchev–Trinajstić information content (AvgIpc) is 2.95. The molecule has 2 aliphatic heterocycles. The van der Waals surface area contributed by atoms with Crippen LogP contribution in [0.3, 0.4) is 0 Å². The number of nitrogens with zero attached hydrogens (tertiary/aromatic N) is 3. The number of rotatable bonds is 3. The minimum Gasteiger partial charge on any atom is -0.486 e. The number of alkyl halides is 3. The predicted octanol–water partition coefficient (Wildman–Crippen LogP) is 4.48. The Morgan fingerprint density at radius 3 is 2.65 bits per heavy atom. The molecule has 1 atom stereocenters. The lowest BCUT2D eigenvalue weighted by atomic mass is 10.0. The van der Waals surface area contributed by atoms with E-state index in [1.165, 1.54) is 36.6 Å². The number of carbonyl (C=O) groups excluding carboxylic acids is 1. The highest BCUT2D eigenvalue weighted by Crippen LogP contribution is 2.43. The van der Waals surface area contributed by atoms with Crippen LogP contribution in [-0.4, -0.2) is 40.1 Å². The summed E-state index contributed by atoms with van der Waals surface area (Å²) in [5.74, 6) is -0.862. The first-order valence-electron chi connectivity index (χ1n) is 9.94. The van der Waals surface area contributed by atoms with Crippen LogP contribution in [0.1, 0.15) is 25.0 Å². The molecule has 178 valence electrons. The first-order valence-corrected chi connectivity index (χ1v) is 11.3. The fraction of sp³-hybridized carbons (Fsp3) is 0.318. The number of benzene rings is 2. The van der Waals surface area contributed by atoms with Crippen molar-refractivity contribution in [1.29, 1.82) is 5.26 Å². The van der Waals surface area contributed by atoms with Crippen LogP contribution in [0.4, 0.5) is 28.9 Å². The Hall–Kier alpha value is -2.88. The van der Waals surface area contributed by atoms with E-state index in [0.29, 0.717) is 29.3 Å². The zero-order chi connectivity index (χ0) is 25.0. The lowest BCUT2D eigenvalue weighted by Crippen LogP contribution is -2.44. The number of nitriles is 1. The zero-order valence-electron chi connectivity index (χ0n) is 17.8. The molecule has 4 rings (SSSR count). The van der Waals surface area contributed by atoms with E-state index < -0.39 is 40.3 Å². The van der Waals surface area contributed by atoms with Crippen LogP contribution in [0, 0.1) is 17.1 Å². The van der Waals surface area contributed by atoms with Crippen LogP contribution >= 0.6 is 24.0 Å². The number of ether oxygens (including phenoxy) is 1. The molecule has 2 heterocycles. The lowest BCUT2D eigenvalue weighted by molar-refractivity contribution is -0.137. The third-order valence-electron chi connectivity index (χ3n) is 5.53. The summed E-state index contributed by atoms with van der Waals surface area (Å²) in [5.41, 5.74) is -3.82. The van der Waals surface area contributed by atoms with Gasteiger partial charge in [-0.1, -0.05) is 0 Å². The molecule has 1 amide bonds. The van der Waals surface area contributed by atoms with Gasteiger partial charge in [-0.3, -0.25) is 9.69 Å². The van der Waals surface area contributed by atoms with Crippen molar-refractivity contribution >= 4 is 46.4 Å². The van der Waals surface area contributed by atoms with Gasteiger partial charge in [0.25, 0.3) is 5.91 Å². The maximum atomic E-state index is 14.8. The minimum atomic E-state index is -4.94. The van der Waals surface area contributed by atoms with E-state index in [-0.39, 0.29) is 17.8 Å². The number of aliphatic hydroxyl groups is 1. The molecule has 12 heteroatoms. The highest BCUT2D eigenvalue weighted by atomic mass is 32.2. The highest BCUT2D eigenvalue weighted by molar-refractivity contribution is 7.99. The van der Waals surface area contributed by atoms with E-state index in [4.69, 9.17) is 22.2 Å². The lowest BCUT2D eigenvalue weighted by Gasteiger charge is -2.31. The zero-order valence-corrected chi connectivity index (χ0v) is 19.4. The first-order chi connectivity index (χ1) is 15.9. The van der Waals surface area contributed by atoms with E-state index >= 15 is 0 Å². The molecule has 0 bridgehead atoms. The Morgan fingerprint density at radius 2 is 2.03 bits per heavy atom. The third kappa shape index (κ3) is 3.87. The van der Waals surface area contributed by atoms with Gasteiger partial charge in [-0.2, -0.15) is 18.4 Å². The summed E-state index contributed by atoms with van der Waals surface area (Å²) >= 11 is 6.88. The fourth-order valence-electron chi connectivity index (χ4n) is 3.83. The van der Waals surface area contributed by atoms with Gasteiger partial charge in [0, 0.05) is 11.4 Å². The van der Waals surface area contributed by atoms with E-state index in [1.807, 2.05) is 0 Å². The molecule has 0 aliphatic carbocycles.